The fraction of sp³-hybridized carbons (Fsp3) is 0.200. The second-order valence-electron chi connectivity index (χ2n) is 7.90. The summed E-state index contributed by atoms with van der Waals surface area (Å²) in [6, 6.07) is 13.6. The largest absolute Gasteiger partial charge is 0.310 e. The summed E-state index contributed by atoms with van der Waals surface area (Å²) < 4.78 is 18.2. The molecular weight excluding hydrogens is 375 g/mol. The Labute approximate surface area is 175 Å². The van der Waals surface area contributed by atoms with Crippen LogP contribution in [-0.4, -0.2) is 33.0 Å². The van der Waals surface area contributed by atoms with Crippen molar-refractivity contribution in [2.75, 3.05) is 13.6 Å². The van der Waals surface area contributed by atoms with E-state index in [1.807, 2.05) is 12.1 Å². The summed E-state index contributed by atoms with van der Waals surface area (Å²) in [6.07, 6.45) is 7.55. The molecule has 30 heavy (non-hydrogen) atoms. The van der Waals surface area contributed by atoms with E-state index in [1.54, 1.807) is 36.9 Å². The van der Waals surface area contributed by atoms with Gasteiger partial charge in [0.15, 0.2) is 5.83 Å². The minimum atomic E-state index is -0.261. The molecule has 0 bridgehead atoms. The molecule has 4 heterocycles. The van der Waals surface area contributed by atoms with Crippen LogP contribution in [0.2, 0.25) is 0 Å². The zero-order chi connectivity index (χ0) is 20.7. The van der Waals surface area contributed by atoms with E-state index in [4.69, 9.17) is 0 Å². The molecule has 0 amide bonds. The maximum absolute atomic E-state index is 16.1. The van der Waals surface area contributed by atoms with E-state index in [0.717, 1.165) is 30.6 Å². The molecule has 5 heteroatoms. The first-order valence-corrected chi connectivity index (χ1v) is 10.2. The Kier molecular flexibility index (Phi) is 4.68. The van der Waals surface area contributed by atoms with Crippen molar-refractivity contribution in [1.82, 2.24) is 19.4 Å². The van der Waals surface area contributed by atoms with Crippen molar-refractivity contribution in [2.24, 2.45) is 0 Å². The number of hydrogen-bond donors (Lipinski definition) is 0. The monoisotopic (exact) mass is 398 g/mol. The van der Waals surface area contributed by atoms with Crippen molar-refractivity contribution in [2.45, 2.75) is 19.9 Å². The van der Waals surface area contributed by atoms with Crippen molar-refractivity contribution >= 4 is 22.4 Å². The van der Waals surface area contributed by atoms with Gasteiger partial charge in [-0.25, -0.2) is 4.39 Å². The molecule has 0 fully saturated rings. The summed E-state index contributed by atoms with van der Waals surface area (Å²) in [6.45, 7) is 3.92. The molecule has 0 saturated carbocycles. The summed E-state index contributed by atoms with van der Waals surface area (Å²) >= 11 is 0. The summed E-state index contributed by atoms with van der Waals surface area (Å²) in [7, 11) is 2.14. The highest BCUT2D eigenvalue weighted by Gasteiger charge is 2.26. The summed E-state index contributed by atoms with van der Waals surface area (Å²) in [5.74, 6) is -0.261. The molecule has 4 aromatic rings. The Hall–Kier alpha value is -3.31. The smallest absolute Gasteiger partial charge is 0.155 e. The molecule has 0 unspecified atom stereocenters. The quantitative estimate of drug-likeness (QED) is 0.483. The molecule has 1 aromatic carbocycles. The number of aromatic nitrogens is 3. The topological polar surface area (TPSA) is 34.0 Å². The third kappa shape index (κ3) is 3.12. The van der Waals surface area contributed by atoms with E-state index in [0.29, 0.717) is 11.3 Å². The number of nitrogens with zero attached hydrogens (tertiary/aromatic N) is 4. The van der Waals surface area contributed by atoms with E-state index in [-0.39, 0.29) is 5.83 Å². The summed E-state index contributed by atoms with van der Waals surface area (Å²) in [4.78, 5) is 10.5. The standard InChI is InChI=1S/C25H23FN4/c1-17-3-4-22-20(15-17)21-16-29(2)14-9-23(21)30(22)25(19-7-12-28-13-8-19)24(26)18-5-10-27-11-6-18/h3-8,10-13,15H,9,14,16H2,1-2H3/b25-24+. The van der Waals surface area contributed by atoms with Gasteiger partial charge in [0.1, 0.15) is 0 Å². The maximum atomic E-state index is 16.1. The van der Waals surface area contributed by atoms with E-state index in [9.17, 15) is 0 Å². The fourth-order valence-electron chi connectivity index (χ4n) is 4.36. The molecule has 3 aromatic heterocycles. The Balaban J connectivity index is 1.88. The van der Waals surface area contributed by atoms with E-state index < -0.39 is 0 Å². The molecule has 1 aliphatic heterocycles. The van der Waals surface area contributed by atoms with Gasteiger partial charge < -0.3 is 9.47 Å². The Bertz CT molecular complexity index is 1240. The molecular formula is C25H23FN4. The number of likely N-dealkylation sites (N-methyl/N-ethyl adjacent to an activating group) is 1. The molecule has 0 spiro atoms. The Morgan fingerprint density at radius 2 is 1.60 bits per heavy atom. The molecule has 0 radical (unpaired) electrons. The van der Waals surface area contributed by atoms with Crippen LogP contribution in [0.3, 0.4) is 0 Å². The Morgan fingerprint density at radius 3 is 2.30 bits per heavy atom. The molecule has 0 saturated heterocycles. The van der Waals surface area contributed by atoms with Crippen molar-refractivity contribution in [1.29, 1.82) is 0 Å². The number of rotatable bonds is 3. The molecule has 0 atom stereocenters. The number of hydrogen-bond acceptors (Lipinski definition) is 3. The van der Waals surface area contributed by atoms with Crippen molar-refractivity contribution in [3.8, 4) is 0 Å². The lowest BCUT2D eigenvalue weighted by Crippen LogP contribution is -2.27. The third-order valence-electron chi connectivity index (χ3n) is 5.81. The van der Waals surface area contributed by atoms with Crippen LogP contribution in [0.4, 0.5) is 4.39 Å². The number of aryl methyl sites for hydroxylation is 1. The number of benzene rings is 1. The first-order valence-electron chi connectivity index (χ1n) is 10.2. The van der Waals surface area contributed by atoms with Crippen LogP contribution in [0, 0.1) is 6.92 Å². The molecule has 1 aliphatic rings. The van der Waals surface area contributed by atoms with E-state index in [1.165, 1.54) is 22.2 Å². The lowest BCUT2D eigenvalue weighted by atomic mass is 10.0. The minimum absolute atomic E-state index is 0.261. The average molecular weight is 398 g/mol. The zero-order valence-electron chi connectivity index (χ0n) is 17.1. The average Bonchev–Trinajstić information content (AvgIpc) is 3.08. The highest BCUT2D eigenvalue weighted by Crippen LogP contribution is 2.38. The van der Waals surface area contributed by atoms with Crippen LogP contribution in [0.1, 0.15) is 27.9 Å². The van der Waals surface area contributed by atoms with Gasteiger partial charge in [0, 0.05) is 66.5 Å². The van der Waals surface area contributed by atoms with Crippen LogP contribution >= 0.6 is 0 Å². The van der Waals surface area contributed by atoms with Crippen LogP contribution in [0.25, 0.3) is 22.4 Å². The van der Waals surface area contributed by atoms with Gasteiger partial charge >= 0.3 is 0 Å². The molecule has 5 rings (SSSR count). The first-order chi connectivity index (χ1) is 14.6. The lowest BCUT2D eigenvalue weighted by Gasteiger charge is -2.25. The number of halogens is 1. The van der Waals surface area contributed by atoms with Gasteiger partial charge in [0.05, 0.1) is 11.2 Å². The number of pyridine rings is 2. The van der Waals surface area contributed by atoms with Crippen LogP contribution in [0.15, 0.2) is 67.3 Å². The van der Waals surface area contributed by atoms with E-state index in [2.05, 4.69) is 51.6 Å². The van der Waals surface area contributed by atoms with Crippen LogP contribution in [-0.2, 0) is 13.0 Å². The molecule has 4 nitrogen and oxygen atoms in total. The summed E-state index contributed by atoms with van der Waals surface area (Å²) in [5.41, 5.74) is 6.60. The molecule has 150 valence electrons. The predicted octanol–water partition coefficient (Wildman–Crippen LogP) is 5.07. The normalized spacial score (nSPS) is 15.2. The van der Waals surface area contributed by atoms with Crippen LogP contribution < -0.4 is 0 Å². The second-order valence-corrected chi connectivity index (χ2v) is 7.90. The summed E-state index contributed by atoms with van der Waals surface area (Å²) in [5, 5.41) is 1.20. The SMILES string of the molecule is Cc1ccc2c(c1)c1c(n2/C(=C(/F)c2ccncc2)c2ccncc2)CCN(C)C1. The lowest BCUT2D eigenvalue weighted by molar-refractivity contribution is 0.311. The first kappa shape index (κ1) is 18.7. The van der Waals surface area contributed by atoms with Crippen LogP contribution in [0.5, 0.6) is 0 Å². The van der Waals surface area contributed by atoms with Gasteiger partial charge in [-0.3, -0.25) is 9.97 Å². The van der Waals surface area contributed by atoms with Gasteiger partial charge in [0.25, 0.3) is 0 Å². The fourth-order valence-corrected chi connectivity index (χ4v) is 4.36. The molecule has 0 aliphatic carbocycles. The van der Waals surface area contributed by atoms with Gasteiger partial charge in [-0.05, 0) is 55.9 Å². The zero-order valence-corrected chi connectivity index (χ0v) is 17.1. The number of fused-ring (bicyclic) bond motifs is 3. The van der Waals surface area contributed by atoms with Gasteiger partial charge in [-0.15, -0.1) is 0 Å². The third-order valence-corrected chi connectivity index (χ3v) is 5.81. The van der Waals surface area contributed by atoms with E-state index >= 15 is 4.39 Å². The predicted molar refractivity (Wildman–Crippen MR) is 119 cm³/mol. The van der Waals surface area contributed by atoms with Gasteiger partial charge in [-0.2, -0.15) is 0 Å². The minimum Gasteiger partial charge on any atom is -0.310 e. The van der Waals surface area contributed by atoms with Gasteiger partial charge in [0.2, 0.25) is 0 Å². The Morgan fingerprint density at radius 1 is 0.933 bits per heavy atom. The van der Waals surface area contributed by atoms with Crippen molar-refractivity contribution < 1.29 is 4.39 Å². The highest BCUT2D eigenvalue weighted by molar-refractivity contribution is 5.96. The van der Waals surface area contributed by atoms with Crippen molar-refractivity contribution in [3.05, 3.63) is 95.2 Å². The van der Waals surface area contributed by atoms with Gasteiger partial charge in [-0.1, -0.05) is 11.6 Å². The second kappa shape index (κ2) is 7.50. The van der Waals surface area contributed by atoms with Crippen molar-refractivity contribution in [3.63, 3.8) is 0 Å². The maximum Gasteiger partial charge on any atom is 0.155 e. The molecule has 0 N–H and O–H groups in total. The highest BCUT2D eigenvalue weighted by atomic mass is 19.1.